The number of hydrogen-bond donors (Lipinski definition) is 1. The van der Waals surface area contributed by atoms with Gasteiger partial charge in [0.05, 0.1) is 13.2 Å². The highest BCUT2D eigenvalue weighted by molar-refractivity contribution is 5.95. The number of anilines is 3. The summed E-state index contributed by atoms with van der Waals surface area (Å²) < 4.78 is 43.8. The summed E-state index contributed by atoms with van der Waals surface area (Å²) in [5.41, 5.74) is 3.28. The van der Waals surface area contributed by atoms with Crippen molar-refractivity contribution in [3.63, 3.8) is 0 Å². The molecule has 0 aliphatic carbocycles. The Morgan fingerprint density at radius 2 is 1.87 bits per heavy atom. The molecule has 1 aromatic carbocycles. The maximum absolute atomic E-state index is 12.8. The summed E-state index contributed by atoms with van der Waals surface area (Å²) in [4.78, 5) is 35.5. The van der Waals surface area contributed by atoms with Gasteiger partial charge >= 0.3 is 12.2 Å². The lowest BCUT2D eigenvalue weighted by Gasteiger charge is -2.29. The Bertz CT molecular complexity index is 1200. The number of ether oxygens (including phenoxy) is 1. The smallest absolute Gasteiger partial charge is 0.378 e. The van der Waals surface area contributed by atoms with Gasteiger partial charge in [-0.3, -0.25) is 9.69 Å². The summed E-state index contributed by atoms with van der Waals surface area (Å²) >= 11 is 0. The Hall–Kier alpha value is -3.34. The van der Waals surface area contributed by atoms with E-state index in [1.54, 1.807) is 11.0 Å². The highest BCUT2D eigenvalue weighted by atomic mass is 19.4. The molecule has 0 spiro atoms. The maximum Gasteiger partial charge on any atom is 0.389 e. The van der Waals surface area contributed by atoms with Gasteiger partial charge in [-0.05, 0) is 66.6 Å². The van der Waals surface area contributed by atoms with Crippen LogP contribution >= 0.6 is 0 Å². The van der Waals surface area contributed by atoms with E-state index in [1.807, 2.05) is 31.2 Å². The first-order valence-electron chi connectivity index (χ1n) is 13.0. The van der Waals surface area contributed by atoms with Crippen LogP contribution in [0, 0.1) is 12.8 Å². The number of halogens is 3. The van der Waals surface area contributed by atoms with Crippen LogP contribution in [-0.2, 0) is 9.53 Å². The number of alkyl halides is 3. The molecule has 38 heavy (non-hydrogen) atoms. The van der Waals surface area contributed by atoms with Crippen LogP contribution in [0.5, 0.6) is 0 Å². The third kappa shape index (κ3) is 6.03. The summed E-state index contributed by atoms with van der Waals surface area (Å²) in [5, 5.41) is 2.86. The molecule has 3 aliphatic rings. The van der Waals surface area contributed by atoms with Gasteiger partial charge in [-0.1, -0.05) is 6.07 Å². The number of carbonyl (C=O) groups excluding carboxylic acids is 2. The topological polar surface area (TPSA) is 78.0 Å². The Balaban J connectivity index is 1.39. The molecule has 1 N–H and O–H groups in total. The monoisotopic (exact) mass is 531 g/mol. The van der Waals surface area contributed by atoms with Crippen LogP contribution in [0.2, 0.25) is 0 Å². The number of morpholine rings is 1. The molecule has 5 rings (SSSR count). The summed E-state index contributed by atoms with van der Waals surface area (Å²) in [7, 11) is 0. The lowest BCUT2D eigenvalue weighted by atomic mass is 10.00. The van der Waals surface area contributed by atoms with E-state index in [0.29, 0.717) is 63.7 Å². The van der Waals surface area contributed by atoms with Gasteiger partial charge in [-0.25, -0.2) is 9.78 Å². The highest BCUT2D eigenvalue weighted by Crippen LogP contribution is 2.34. The van der Waals surface area contributed by atoms with E-state index in [2.05, 4.69) is 10.2 Å². The molecular formula is C27H32F3N5O3. The molecule has 3 saturated heterocycles. The van der Waals surface area contributed by atoms with E-state index in [4.69, 9.17) is 9.72 Å². The predicted molar refractivity (Wildman–Crippen MR) is 138 cm³/mol. The average molecular weight is 532 g/mol. The van der Waals surface area contributed by atoms with Gasteiger partial charge in [0.2, 0.25) is 5.91 Å². The second kappa shape index (κ2) is 10.8. The number of hydrogen-bond acceptors (Lipinski definition) is 5. The number of benzene rings is 1. The lowest BCUT2D eigenvalue weighted by molar-refractivity contribution is -0.143. The van der Waals surface area contributed by atoms with Crippen molar-refractivity contribution in [1.29, 1.82) is 0 Å². The minimum atomic E-state index is -4.23. The van der Waals surface area contributed by atoms with Crippen LogP contribution in [0.1, 0.15) is 31.2 Å². The van der Waals surface area contributed by atoms with Gasteiger partial charge < -0.3 is 19.9 Å². The van der Waals surface area contributed by atoms with Gasteiger partial charge in [0, 0.05) is 51.3 Å². The van der Waals surface area contributed by atoms with Crippen LogP contribution in [0.15, 0.2) is 30.3 Å². The first-order chi connectivity index (χ1) is 18.2. The van der Waals surface area contributed by atoms with Crippen molar-refractivity contribution in [2.75, 3.05) is 61.1 Å². The predicted octanol–water partition coefficient (Wildman–Crippen LogP) is 4.83. The van der Waals surface area contributed by atoms with E-state index in [-0.39, 0.29) is 12.5 Å². The van der Waals surface area contributed by atoms with Crippen molar-refractivity contribution in [3.05, 3.63) is 35.9 Å². The molecule has 3 amide bonds. The van der Waals surface area contributed by atoms with Crippen molar-refractivity contribution in [2.45, 2.75) is 38.8 Å². The zero-order valence-electron chi connectivity index (χ0n) is 21.4. The van der Waals surface area contributed by atoms with Crippen LogP contribution in [0.3, 0.4) is 0 Å². The second-order valence-electron chi connectivity index (χ2n) is 10.2. The number of aryl methyl sites for hydroxylation is 1. The van der Waals surface area contributed by atoms with Crippen molar-refractivity contribution in [3.8, 4) is 11.1 Å². The van der Waals surface area contributed by atoms with Crippen molar-refractivity contribution in [2.24, 2.45) is 5.92 Å². The van der Waals surface area contributed by atoms with Crippen molar-refractivity contribution < 1.29 is 27.5 Å². The third-order valence-electron chi connectivity index (χ3n) is 7.38. The fraction of sp³-hybridized carbons (Fsp3) is 0.519. The molecule has 11 heteroatoms. The van der Waals surface area contributed by atoms with Crippen LogP contribution in [-0.4, -0.2) is 73.9 Å². The van der Waals surface area contributed by atoms with E-state index in [0.717, 1.165) is 28.9 Å². The largest absolute Gasteiger partial charge is 0.389 e. The van der Waals surface area contributed by atoms with Crippen LogP contribution < -0.4 is 15.1 Å². The van der Waals surface area contributed by atoms with Crippen LogP contribution in [0.25, 0.3) is 11.1 Å². The fourth-order valence-electron chi connectivity index (χ4n) is 5.36. The Labute approximate surface area is 219 Å². The van der Waals surface area contributed by atoms with E-state index < -0.39 is 24.5 Å². The number of nitrogens with one attached hydrogen (secondary N) is 1. The van der Waals surface area contributed by atoms with Crippen molar-refractivity contribution in [1.82, 2.24) is 9.88 Å². The number of pyridine rings is 1. The number of nitrogens with zero attached hydrogens (tertiary/aromatic N) is 4. The minimum absolute atomic E-state index is 0.0507. The van der Waals surface area contributed by atoms with Gasteiger partial charge in [-0.2, -0.15) is 13.2 Å². The van der Waals surface area contributed by atoms with E-state index in [1.165, 1.54) is 4.90 Å². The summed E-state index contributed by atoms with van der Waals surface area (Å²) in [6.07, 6.45) is -3.48. The van der Waals surface area contributed by atoms with Gasteiger partial charge in [-0.15, -0.1) is 0 Å². The average Bonchev–Trinajstić information content (AvgIpc) is 3.53. The molecule has 0 saturated carbocycles. The highest BCUT2D eigenvalue weighted by Gasteiger charge is 2.36. The fourth-order valence-corrected chi connectivity index (χ4v) is 5.36. The maximum atomic E-state index is 12.8. The Morgan fingerprint density at radius 1 is 1.11 bits per heavy atom. The standard InChI is InChI=1S/C27H32F3N5O3/c1-18-4-5-21(31-26(37)34-8-6-19(17-34)16-27(28,29)30)15-22(18)20-13-23(33-9-11-38-12-10-33)32-24(14-20)35-7-2-3-25(35)36/h4-5,13-15,19H,2-3,6-12,16-17H2,1H3,(H,31,37). The first-order valence-corrected chi connectivity index (χ1v) is 13.0. The molecule has 8 nitrogen and oxygen atoms in total. The number of rotatable bonds is 5. The molecule has 204 valence electrons. The molecule has 3 aliphatic heterocycles. The molecule has 1 aromatic heterocycles. The summed E-state index contributed by atoms with van der Waals surface area (Å²) in [6, 6.07) is 9.04. The number of likely N-dealkylation sites (tertiary alicyclic amines) is 1. The van der Waals surface area contributed by atoms with Gasteiger partial charge in [0.15, 0.2) is 0 Å². The molecule has 0 radical (unpaired) electrons. The quantitative estimate of drug-likeness (QED) is 0.598. The molecule has 1 unspecified atom stereocenters. The van der Waals surface area contributed by atoms with E-state index >= 15 is 0 Å². The third-order valence-corrected chi connectivity index (χ3v) is 7.38. The summed E-state index contributed by atoms with van der Waals surface area (Å²) in [5.74, 6) is 0.849. The van der Waals surface area contributed by atoms with Gasteiger partial charge in [0.25, 0.3) is 0 Å². The minimum Gasteiger partial charge on any atom is -0.378 e. The zero-order valence-corrected chi connectivity index (χ0v) is 21.4. The number of carbonyl (C=O) groups is 2. The first kappa shape index (κ1) is 26.3. The van der Waals surface area contributed by atoms with Gasteiger partial charge in [0.1, 0.15) is 11.6 Å². The zero-order chi connectivity index (χ0) is 26.9. The molecule has 2 aromatic rings. The molecule has 3 fully saturated rings. The lowest BCUT2D eigenvalue weighted by Crippen LogP contribution is -2.37. The molecule has 1 atom stereocenters. The number of amides is 3. The number of urea groups is 1. The molecular weight excluding hydrogens is 499 g/mol. The van der Waals surface area contributed by atoms with E-state index in [9.17, 15) is 22.8 Å². The number of aromatic nitrogens is 1. The Morgan fingerprint density at radius 3 is 2.58 bits per heavy atom. The van der Waals surface area contributed by atoms with Crippen LogP contribution in [0.4, 0.5) is 35.3 Å². The van der Waals surface area contributed by atoms with Crippen molar-refractivity contribution >= 4 is 29.3 Å². The normalized spacial score (nSPS) is 20.4. The molecule has 4 heterocycles. The second-order valence-corrected chi connectivity index (χ2v) is 10.2. The SMILES string of the molecule is Cc1ccc(NC(=O)N2CCC(CC(F)(F)F)C2)cc1-c1cc(N2CCOCC2)nc(N2CCCC2=O)c1. The molecule has 0 bridgehead atoms. The Kier molecular flexibility index (Phi) is 7.47. The summed E-state index contributed by atoms with van der Waals surface area (Å²) in [6.45, 7) is 5.58.